The SMILES string of the molecule is Cc1ccc2nc(-c3ccc(F)cc3)nc(SCC(=O)N3CCC(C)CC3)c2c1. The smallest absolute Gasteiger partial charge is 0.232 e. The summed E-state index contributed by atoms with van der Waals surface area (Å²) in [7, 11) is 0. The maximum absolute atomic E-state index is 13.3. The first kappa shape index (κ1) is 19.8. The molecular weight excluding hydrogens is 385 g/mol. The molecule has 1 saturated heterocycles. The molecular formula is C23H24FN3OS. The molecule has 0 radical (unpaired) electrons. The molecule has 4 nitrogen and oxygen atoms in total. The third kappa shape index (κ3) is 4.58. The van der Waals surface area contributed by atoms with Crippen LogP contribution in [0.5, 0.6) is 0 Å². The molecule has 0 atom stereocenters. The van der Waals surface area contributed by atoms with Crippen molar-refractivity contribution in [3.8, 4) is 11.4 Å². The van der Waals surface area contributed by atoms with E-state index in [4.69, 9.17) is 4.98 Å². The Morgan fingerprint density at radius 1 is 1.14 bits per heavy atom. The maximum Gasteiger partial charge on any atom is 0.232 e. The van der Waals surface area contributed by atoms with E-state index >= 15 is 0 Å². The number of halogens is 1. The van der Waals surface area contributed by atoms with Crippen LogP contribution in [-0.4, -0.2) is 39.6 Å². The number of fused-ring (bicyclic) bond motifs is 1. The monoisotopic (exact) mass is 409 g/mol. The molecule has 0 saturated carbocycles. The summed E-state index contributed by atoms with van der Waals surface area (Å²) in [6.45, 7) is 5.95. The number of hydrogen-bond acceptors (Lipinski definition) is 4. The number of aryl methyl sites for hydroxylation is 1. The summed E-state index contributed by atoms with van der Waals surface area (Å²) in [5, 5.41) is 1.73. The Bertz CT molecular complexity index is 1030. The van der Waals surface area contributed by atoms with Crippen LogP contribution in [0.4, 0.5) is 4.39 Å². The number of piperidine rings is 1. The van der Waals surface area contributed by atoms with Gasteiger partial charge in [-0.25, -0.2) is 14.4 Å². The van der Waals surface area contributed by atoms with E-state index in [-0.39, 0.29) is 11.7 Å². The fourth-order valence-electron chi connectivity index (χ4n) is 3.53. The number of thioether (sulfide) groups is 1. The lowest BCUT2D eigenvalue weighted by Gasteiger charge is -2.30. The first-order valence-corrected chi connectivity index (χ1v) is 10.9. The van der Waals surface area contributed by atoms with Crippen LogP contribution in [0.15, 0.2) is 47.5 Å². The molecule has 3 aromatic rings. The predicted octanol–water partition coefficient (Wildman–Crippen LogP) is 5.09. The number of carbonyl (C=O) groups excluding carboxylic acids is 1. The van der Waals surface area contributed by atoms with Crippen LogP contribution in [0.2, 0.25) is 0 Å². The van der Waals surface area contributed by atoms with Gasteiger partial charge in [0.15, 0.2) is 5.82 Å². The fraction of sp³-hybridized carbons (Fsp3) is 0.348. The van der Waals surface area contributed by atoms with E-state index in [1.54, 1.807) is 12.1 Å². The number of carbonyl (C=O) groups is 1. The largest absolute Gasteiger partial charge is 0.342 e. The van der Waals surface area contributed by atoms with Crippen molar-refractivity contribution in [2.45, 2.75) is 31.7 Å². The Morgan fingerprint density at radius 3 is 2.59 bits per heavy atom. The number of nitrogens with zero attached hydrogens (tertiary/aromatic N) is 3. The molecule has 0 spiro atoms. The van der Waals surface area contributed by atoms with E-state index in [1.807, 2.05) is 24.0 Å². The normalized spacial score (nSPS) is 15.1. The summed E-state index contributed by atoms with van der Waals surface area (Å²) in [6, 6.07) is 12.2. The highest BCUT2D eigenvalue weighted by molar-refractivity contribution is 8.00. The first-order chi connectivity index (χ1) is 14.0. The average molecular weight is 410 g/mol. The first-order valence-electron chi connectivity index (χ1n) is 9.94. The molecule has 0 bridgehead atoms. The van der Waals surface area contributed by atoms with Crippen LogP contribution in [0.1, 0.15) is 25.3 Å². The van der Waals surface area contributed by atoms with Crippen molar-refractivity contribution in [2.75, 3.05) is 18.8 Å². The van der Waals surface area contributed by atoms with Gasteiger partial charge < -0.3 is 4.90 Å². The topological polar surface area (TPSA) is 46.1 Å². The Kier molecular flexibility index (Phi) is 5.81. The minimum absolute atomic E-state index is 0.157. The van der Waals surface area contributed by atoms with E-state index in [2.05, 4.69) is 18.0 Å². The Morgan fingerprint density at radius 2 is 1.86 bits per heavy atom. The van der Waals surface area contributed by atoms with Crippen molar-refractivity contribution < 1.29 is 9.18 Å². The van der Waals surface area contributed by atoms with Crippen molar-refractivity contribution in [3.63, 3.8) is 0 Å². The van der Waals surface area contributed by atoms with E-state index < -0.39 is 0 Å². The molecule has 1 fully saturated rings. The van der Waals surface area contributed by atoms with Gasteiger partial charge in [0, 0.05) is 24.0 Å². The minimum atomic E-state index is -0.291. The standard InChI is InChI=1S/C23H24FN3OS/c1-15-9-11-27(12-10-15)21(28)14-29-23-19-13-16(2)3-8-20(19)25-22(26-23)17-4-6-18(24)7-5-17/h3-8,13,15H,9-12,14H2,1-2H3. The zero-order chi connectivity index (χ0) is 20.4. The molecule has 4 rings (SSSR count). The Balaban J connectivity index is 1.62. The zero-order valence-corrected chi connectivity index (χ0v) is 17.5. The molecule has 0 aliphatic carbocycles. The number of aromatic nitrogens is 2. The number of amides is 1. The summed E-state index contributed by atoms with van der Waals surface area (Å²) < 4.78 is 13.3. The van der Waals surface area contributed by atoms with Crippen LogP contribution < -0.4 is 0 Å². The van der Waals surface area contributed by atoms with Gasteiger partial charge >= 0.3 is 0 Å². The number of likely N-dealkylation sites (tertiary alicyclic amines) is 1. The quantitative estimate of drug-likeness (QED) is 0.445. The zero-order valence-electron chi connectivity index (χ0n) is 16.7. The van der Waals surface area contributed by atoms with Gasteiger partial charge in [0.05, 0.1) is 11.3 Å². The van der Waals surface area contributed by atoms with Crippen LogP contribution in [0, 0.1) is 18.7 Å². The third-order valence-corrected chi connectivity index (χ3v) is 6.36. The minimum Gasteiger partial charge on any atom is -0.342 e. The van der Waals surface area contributed by atoms with Crippen LogP contribution >= 0.6 is 11.8 Å². The van der Waals surface area contributed by atoms with Gasteiger partial charge in [-0.2, -0.15) is 0 Å². The van der Waals surface area contributed by atoms with Crippen molar-refractivity contribution >= 4 is 28.6 Å². The average Bonchev–Trinajstić information content (AvgIpc) is 2.73. The van der Waals surface area contributed by atoms with E-state index in [1.165, 1.54) is 23.9 Å². The van der Waals surface area contributed by atoms with Gasteiger partial charge in [0.1, 0.15) is 10.8 Å². The summed E-state index contributed by atoms with van der Waals surface area (Å²) in [5.41, 5.74) is 2.70. The molecule has 150 valence electrons. The molecule has 1 aliphatic heterocycles. The lowest BCUT2D eigenvalue weighted by Crippen LogP contribution is -2.38. The van der Waals surface area contributed by atoms with Crippen LogP contribution in [0.3, 0.4) is 0 Å². The number of hydrogen-bond donors (Lipinski definition) is 0. The molecule has 1 aliphatic rings. The van der Waals surface area contributed by atoms with Crippen molar-refractivity contribution in [2.24, 2.45) is 5.92 Å². The molecule has 1 aromatic heterocycles. The molecule has 0 unspecified atom stereocenters. The van der Waals surface area contributed by atoms with Crippen molar-refractivity contribution in [3.05, 3.63) is 53.8 Å². The Labute approximate surface area is 174 Å². The van der Waals surface area contributed by atoms with Gasteiger partial charge in [0.2, 0.25) is 5.91 Å². The van der Waals surface area contributed by atoms with Crippen molar-refractivity contribution in [1.82, 2.24) is 14.9 Å². The maximum atomic E-state index is 13.3. The van der Waals surface area contributed by atoms with Gasteiger partial charge in [-0.3, -0.25) is 4.79 Å². The highest BCUT2D eigenvalue weighted by atomic mass is 32.2. The molecule has 29 heavy (non-hydrogen) atoms. The highest BCUT2D eigenvalue weighted by Crippen LogP contribution is 2.30. The predicted molar refractivity (Wildman–Crippen MR) is 115 cm³/mol. The van der Waals surface area contributed by atoms with Gasteiger partial charge in [-0.15, -0.1) is 0 Å². The van der Waals surface area contributed by atoms with Gasteiger partial charge in [0.25, 0.3) is 0 Å². The summed E-state index contributed by atoms with van der Waals surface area (Å²) >= 11 is 1.46. The molecule has 6 heteroatoms. The van der Waals surface area contributed by atoms with Gasteiger partial charge in [-0.1, -0.05) is 30.3 Å². The van der Waals surface area contributed by atoms with Gasteiger partial charge in [-0.05, 0) is 62.1 Å². The second-order valence-electron chi connectivity index (χ2n) is 7.73. The van der Waals surface area contributed by atoms with Crippen LogP contribution in [-0.2, 0) is 4.79 Å². The molecule has 2 aromatic carbocycles. The summed E-state index contributed by atoms with van der Waals surface area (Å²) in [4.78, 5) is 24.0. The van der Waals surface area contributed by atoms with E-state index in [0.717, 1.165) is 53.0 Å². The van der Waals surface area contributed by atoms with Crippen LogP contribution in [0.25, 0.3) is 22.3 Å². The molecule has 1 amide bonds. The number of rotatable bonds is 4. The van der Waals surface area contributed by atoms with E-state index in [0.29, 0.717) is 17.5 Å². The lowest BCUT2D eigenvalue weighted by atomic mass is 9.99. The molecule has 0 N–H and O–H groups in total. The lowest BCUT2D eigenvalue weighted by molar-refractivity contribution is -0.129. The summed E-state index contributed by atoms with van der Waals surface area (Å²) in [5.74, 6) is 1.46. The number of benzene rings is 2. The van der Waals surface area contributed by atoms with E-state index in [9.17, 15) is 9.18 Å². The highest BCUT2D eigenvalue weighted by Gasteiger charge is 2.21. The second kappa shape index (κ2) is 8.49. The Hall–Kier alpha value is -2.47. The third-order valence-electron chi connectivity index (χ3n) is 5.39. The van der Waals surface area contributed by atoms with Crippen molar-refractivity contribution in [1.29, 1.82) is 0 Å². The second-order valence-corrected chi connectivity index (χ2v) is 8.70. The molecule has 2 heterocycles. The fourth-order valence-corrected chi connectivity index (χ4v) is 4.44. The summed E-state index contributed by atoms with van der Waals surface area (Å²) in [6.07, 6.45) is 2.14.